The van der Waals surface area contributed by atoms with Gasteiger partial charge in [0, 0.05) is 18.6 Å². The van der Waals surface area contributed by atoms with Gasteiger partial charge >= 0.3 is 5.97 Å². The van der Waals surface area contributed by atoms with Crippen LogP contribution in [0.15, 0.2) is 0 Å². The van der Waals surface area contributed by atoms with Crippen molar-refractivity contribution in [2.45, 2.75) is 57.0 Å². The molecule has 0 radical (unpaired) electrons. The van der Waals surface area contributed by atoms with Crippen molar-refractivity contribution in [1.29, 1.82) is 0 Å². The maximum Gasteiger partial charge on any atom is 0.304 e. The monoisotopic (exact) mass is 240 g/mol. The fraction of sp³-hybridized carbons (Fsp3) is 0.923. The van der Waals surface area contributed by atoms with Gasteiger partial charge in [0.2, 0.25) is 0 Å². The lowest BCUT2D eigenvalue weighted by atomic mass is 9.89. The minimum atomic E-state index is -0.703. The van der Waals surface area contributed by atoms with Gasteiger partial charge in [-0.2, -0.15) is 0 Å². The highest BCUT2D eigenvalue weighted by molar-refractivity contribution is 5.66. The number of hydrogen-bond acceptors (Lipinski definition) is 3. The van der Waals surface area contributed by atoms with Gasteiger partial charge in [0.15, 0.2) is 0 Å². The standard InChI is InChI=1S/C13H24N2O2/c16-13(17)7-8-14-11-5-1-2-6-12(11)15-9-3-4-10-15/h11-12,14H,1-10H2,(H,16,17)/t11-,12-/m1/s1. The smallest absolute Gasteiger partial charge is 0.304 e. The molecule has 0 aromatic rings. The summed E-state index contributed by atoms with van der Waals surface area (Å²) >= 11 is 0. The molecule has 4 heteroatoms. The van der Waals surface area contributed by atoms with E-state index in [0.717, 1.165) is 0 Å². The number of carboxylic acids is 1. The summed E-state index contributed by atoms with van der Waals surface area (Å²) in [4.78, 5) is 13.1. The topological polar surface area (TPSA) is 52.6 Å². The van der Waals surface area contributed by atoms with E-state index in [9.17, 15) is 4.79 Å². The van der Waals surface area contributed by atoms with E-state index in [1.54, 1.807) is 0 Å². The number of rotatable bonds is 5. The van der Waals surface area contributed by atoms with E-state index < -0.39 is 5.97 Å². The average molecular weight is 240 g/mol. The van der Waals surface area contributed by atoms with Crippen LogP contribution in [0.4, 0.5) is 0 Å². The van der Waals surface area contributed by atoms with Crippen LogP contribution in [0, 0.1) is 0 Å². The van der Waals surface area contributed by atoms with E-state index in [0.29, 0.717) is 18.6 Å². The Kier molecular flexibility index (Phi) is 4.80. The maximum atomic E-state index is 10.5. The first-order valence-corrected chi connectivity index (χ1v) is 6.96. The van der Waals surface area contributed by atoms with E-state index in [1.165, 1.54) is 51.6 Å². The largest absolute Gasteiger partial charge is 0.481 e. The lowest BCUT2D eigenvalue weighted by molar-refractivity contribution is -0.136. The summed E-state index contributed by atoms with van der Waals surface area (Å²) in [6.45, 7) is 3.09. The minimum absolute atomic E-state index is 0.239. The molecule has 2 rings (SSSR count). The third-order valence-electron chi connectivity index (χ3n) is 4.08. The van der Waals surface area contributed by atoms with Gasteiger partial charge in [0.1, 0.15) is 0 Å². The Bertz CT molecular complexity index is 252. The molecule has 1 aliphatic carbocycles. The van der Waals surface area contributed by atoms with Crippen molar-refractivity contribution in [2.75, 3.05) is 19.6 Å². The second kappa shape index (κ2) is 6.36. The highest BCUT2D eigenvalue weighted by Gasteiger charge is 2.30. The van der Waals surface area contributed by atoms with Gasteiger partial charge in [-0.25, -0.2) is 0 Å². The van der Waals surface area contributed by atoms with Crippen molar-refractivity contribution in [3.8, 4) is 0 Å². The lowest BCUT2D eigenvalue weighted by Crippen LogP contribution is -2.51. The molecule has 2 fully saturated rings. The van der Waals surface area contributed by atoms with E-state index in [4.69, 9.17) is 5.11 Å². The van der Waals surface area contributed by atoms with Crippen LogP contribution in [0.5, 0.6) is 0 Å². The highest BCUT2D eigenvalue weighted by Crippen LogP contribution is 2.26. The Hall–Kier alpha value is -0.610. The Labute approximate surface area is 103 Å². The van der Waals surface area contributed by atoms with E-state index in [1.807, 2.05) is 0 Å². The van der Waals surface area contributed by atoms with Gasteiger partial charge in [-0.15, -0.1) is 0 Å². The molecule has 0 spiro atoms. The first-order valence-electron chi connectivity index (χ1n) is 6.96. The van der Waals surface area contributed by atoms with Gasteiger partial charge in [0.05, 0.1) is 6.42 Å². The van der Waals surface area contributed by atoms with Gasteiger partial charge in [-0.1, -0.05) is 12.8 Å². The van der Waals surface area contributed by atoms with Crippen molar-refractivity contribution in [3.63, 3.8) is 0 Å². The molecule has 0 amide bonds. The number of nitrogens with zero attached hydrogens (tertiary/aromatic N) is 1. The van der Waals surface area contributed by atoms with Crippen LogP contribution in [0.3, 0.4) is 0 Å². The quantitative estimate of drug-likeness (QED) is 0.764. The molecule has 4 nitrogen and oxygen atoms in total. The molecular weight excluding hydrogens is 216 g/mol. The van der Waals surface area contributed by atoms with Crippen LogP contribution in [-0.4, -0.2) is 47.7 Å². The Morgan fingerprint density at radius 1 is 1.18 bits per heavy atom. The van der Waals surface area contributed by atoms with Crippen LogP contribution in [-0.2, 0) is 4.79 Å². The molecule has 0 aromatic heterocycles. The molecule has 2 N–H and O–H groups in total. The van der Waals surface area contributed by atoms with Crippen molar-refractivity contribution in [2.24, 2.45) is 0 Å². The Morgan fingerprint density at radius 3 is 2.59 bits per heavy atom. The maximum absolute atomic E-state index is 10.5. The summed E-state index contributed by atoms with van der Waals surface area (Å²) in [6, 6.07) is 1.17. The molecule has 0 bridgehead atoms. The van der Waals surface area contributed by atoms with Crippen LogP contribution < -0.4 is 5.32 Å². The number of likely N-dealkylation sites (tertiary alicyclic amines) is 1. The molecular formula is C13H24N2O2. The number of nitrogens with one attached hydrogen (secondary N) is 1. The highest BCUT2D eigenvalue weighted by atomic mass is 16.4. The van der Waals surface area contributed by atoms with Crippen molar-refractivity contribution < 1.29 is 9.90 Å². The van der Waals surface area contributed by atoms with E-state index in [2.05, 4.69) is 10.2 Å². The zero-order valence-electron chi connectivity index (χ0n) is 10.5. The third kappa shape index (κ3) is 3.68. The summed E-state index contributed by atoms with van der Waals surface area (Å²) in [7, 11) is 0. The first-order chi connectivity index (χ1) is 8.27. The SMILES string of the molecule is O=C(O)CCN[C@@H]1CCCC[C@H]1N1CCCC1. The molecule has 2 atom stereocenters. The third-order valence-corrected chi connectivity index (χ3v) is 4.08. The van der Waals surface area contributed by atoms with E-state index in [-0.39, 0.29) is 6.42 Å². The number of carbonyl (C=O) groups is 1. The fourth-order valence-electron chi connectivity index (χ4n) is 3.22. The second-order valence-corrected chi connectivity index (χ2v) is 5.30. The normalized spacial score (nSPS) is 30.6. The zero-order chi connectivity index (χ0) is 12.1. The summed E-state index contributed by atoms with van der Waals surface area (Å²) in [5, 5.41) is 12.1. The summed E-state index contributed by atoms with van der Waals surface area (Å²) < 4.78 is 0. The van der Waals surface area contributed by atoms with Gasteiger partial charge in [-0.05, 0) is 38.8 Å². The summed E-state index contributed by atoms with van der Waals surface area (Å²) in [6.07, 6.45) is 8.01. The van der Waals surface area contributed by atoms with Crippen LogP contribution >= 0.6 is 0 Å². The zero-order valence-corrected chi connectivity index (χ0v) is 10.5. The predicted octanol–water partition coefficient (Wildman–Crippen LogP) is 1.46. The molecule has 1 saturated carbocycles. The van der Waals surface area contributed by atoms with Gasteiger partial charge in [0.25, 0.3) is 0 Å². The molecule has 2 aliphatic rings. The molecule has 1 saturated heterocycles. The molecule has 98 valence electrons. The predicted molar refractivity (Wildman–Crippen MR) is 67.1 cm³/mol. The first kappa shape index (κ1) is 12.8. The second-order valence-electron chi connectivity index (χ2n) is 5.30. The Balaban J connectivity index is 1.81. The average Bonchev–Trinajstić information content (AvgIpc) is 2.82. The molecule has 0 aromatic carbocycles. The lowest BCUT2D eigenvalue weighted by Gasteiger charge is -2.38. The van der Waals surface area contributed by atoms with Crippen molar-refractivity contribution >= 4 is 5.97 Å². The fourth-order valence-corrected chi connectivity index (χ4v) is 3.22. The van der Waals surface area contributed by atoms with Crippen molar-refractivity contribution in [3.05, 3.63) is 0 Å². The van der Waals surface area contributed by atoms with Gasteiger partial charge in [-0.3, -0.25) is 9.69 Å². The van der Waals surface area contributed by atoms with Crippen LogP contribution in [0.25, 0.3) is 0 Å². The molecule has 1 heterocycles. The number of aliphatic carboxylic acids is 1. The van der Waals surface area contributed by atoms with Crippen LogP contribution in [0.2, 0.25) is 0 Å². The Morgan fingerprint density at radius 2 is 1.88 bits per heavy atom. The van der Waals surface area contributed by atoms with Crippen LogP contribution in [0.1, 0.15) is 44.9 Å². The molecule has 0 unspecified atom stereocenters. The summed E-state index contributed by atoms with van der Waals surface area (Å²) in [5.74, 6) is -0.703. The van der Waals surface area contributed by atoms with Gasteiger partial charge < -0.3 is 10.4 Å². The molecule has 1 aliphatic heterocycles. The molecule has 17 heavy (non-hydrogen) atoms. The van der Waals surface area contributed by atoms with Crippen molar-refractivity contribution in [1.82, 2.24) is 10.2 Å². The van der Waals surface area contributed by atoms with E-state index >= 15 is 0 Å². The number of carboxylic acid groups (broad SMARTS) is 1. The minimum Gasteiger partial charge on any atom is -0.481 e. The number of hydrogen-bond donors (Lipinski definition) is 2. The summed E-state index contributed by atoms with van der Waals surface area (Å²) in [5.41, 5.74) is 0.